The fourth-order valence-electron chi connectivity index (χ4n) is 2.76. The van der Waals surface area contributed by atoms with Crippen molar-refractivity contribution in [3.63, 3.8) is 0 Å². The van der Waals surface area contributed by atoms with Gasteiger partial charge in [0.05, 0.1) is 19.2 Å². The zero-order valence-electron chi connectivity index (χ0n) is 11.8. The Balaban J connectivity index is 2.00. The highest BCUT2D eigenvalue weighted by atomic mass is 16.5. The van der Waals surface area contributed by atoms with Crippen molar-refractivity contribution in [2.75, 3.05) is 7.11 Å². The minimum Gasteiger partial charge on any atom is -0.497 e. The van der Waals surface area contributed by atoms with E-state index in [1.165, 1.54) is 0 Å². The van der Waals surface area contributed by atoms with Gasteiger partial charge in [-0.3, -0.25) is 9.36 Å². The predicted octanol–water partition coefficient (Wildman–Crippen LogP) is 2.14. The van der Waals surface area contributed by atoms with Crippen LogP contribution in [0.4, 0.5) is 0 Å². The predicted molar refractivity (Wildman–Crippen MR) is 79.6 cm³/mol. The second-order valence-electron chi connectivity index (χ2n) is 5.20. The smallest absolute Gasteiger partial charge is 0.254 e. The van der Waals surface area contributed by atoms with Gasteiger partial charge in [0, 0.05) is 22.7 Å². The van der Waals surface area contributed by atoms with Crippen molar-refractivity contribution < 1.29 is 4.74 Å². The van der Waals surface area contributed by atoms with Crippen molar-refractivity contribution in [1.82, 2.24) is 14.5 Å². The van der Waals surface area contributed by atoms with Gasteiger partial charge in [-0.1, -0.05) is 0 Å². The van der Waals surface area contributed by atoms with E-state index in [2.05, 4.69) is 16.0 Å². The van der Waals surface area contributed by atoms with Gasteiger partial charge in [-0.15, -0.1) is 0 Å². The normalized spacial score (nSPS) is 12.3. The van der Waals surface area contributed by atoms with Crippen molar-refractivity contribution in [1.29, 1.82) is 0 Å². The molecule has 0 spiro atoms. The minimum absolute atomic E-state index is 0.0304. The van der Waals surface area contributed by atoms with E-state index in [0.717, 1.165) is 33.6 Å². The van der Waals surface area contributed by atoms with Gasteiger partial charge in [-0.2, -0.15) is 0 Å². The molecule has 0 fully saturated rings. The summed E-state index contributed by atoms with van der Waals surface area (Å²) < 4.78 is 6.91. The summed E-state index contributed by atoms with van der Waals surface area (Å²) in [6.45, 7) is 2.35. The molecule has 3 aromatic rings. The molecule has 104 valence electrons. The fourth-order valence-corrected chi connectivity index (χ4v) is 2.76. The van der Waals surface area contributed by atoms with Crippen LogP contribution in [0.3, 0.4) is 0 Å². The summed E-state index contributed by atoms with van der Waals surface area (Å²) in [5.41, 5.74) is 3.38. The molecule has 1 aliphatic heterocycles. The maximum Gasteiger partial charge on any atom is 0.254 e. The summed E-state index contributed by atoms with van der Waals surface area (Å²) in [6, 6.07) is 9.37. The number of aromatic nitrogens is 3. The molecule has 0 saturated carbocycles. The number of hydrogen-bond donors (Lipinski definition) is 0. The van der Waals surface area contributed by atoms with Gasteiger partial charge in [-0.25, -0.2) is 9.97 Å². The molecule has 5 nitrogen and oxygen atoms in total. The van der Waals surface area contributed by atoms with Crippen LogP contribution in [0.25, 0.3) is 22.4 Å². The number of pyridine rings is 1. The van der Waals surface area contributed by atoms with E-state index in [9.17, 15) is 4.79 Å². The lowest BCUT2D eigenvalue weighted by molar-refractivity contribution is 0.415. The second kappa shape index (κ2) is 4.15. The molecule has 0 aliphatic carbocycles. The first-order valence-corrected chi connectivity index (χ1v) is 6.72. The maximum atomic E-state index is 12.1. The SMILES string of the molecule is COc1ccc2nc3c(cc2c1)Cn1c-3nc(C)cc1=O. The molecule has 0 bridgehead atoms. The molecular weight excluding hydrogens is 266 g/mol. The molecule has 0 amide bonds. The number of benzene rings is 1. The number of rotatable bonds is 1. The lowest BCUT2D eigenvalue weighted by Gasteiger charge is -2.04. The molecule has 0 unspecified atom stereocenters. The number of hydrogen-bond acceptors (Lipinski definition) is 4. The Bertz CT molecular complexity index is 944. The van der Waals surface area contributed by atoms with Gasteiger partial charge in [0.25, 0.3) is 5.56 Å². The first-order valence-electron chi connectivity index (χ1n) is 6.72. The van der Waals surface area contributed by atoms with Crippen LogP contribution in [0.5, 0.6) is 5.75 Å². The summed E-state index contributed by atoms with van der Waals surface area (Å²) in [5, 5.41) is 1.01. The summed E-state index contributed by atoms with van der Waals surface area (Å²) in [4.78, 5) is 21.2. The van der Waals surface area contributed by atoms with Gasteiger partial charge < -0.3 is 4.74 Å². The van der Waals surface area contributed by atoms with Crippen LogP contribution in [-0.4, -0.2) is 21.6 Å². The van der Waals surface area contributed by atoms with E-state index < -0.39 is 0 Å². The Labute approximate surface area is 120 Å². The van der Waals surface area contributed by atoms with Crippen LogP contribution in [-0.2, 0) is 6.54 Å². The van der Waals surface area contributed by atoms with Crippen molar-refractivity contribution >= 4 is 10.9 Å². The van der Waals surface area contributed by atoms with Crippen molar-refractivity contribution in [2.45, 2.75) is 13.5 Å². The molecule has 21 heavy (non-hydrogen) atoms. The van der Waals surface area contributed by atoms with Crippen molar-refractivity contribution in [3.05, 3.63) is 51.9 Å². The molecule has 0 N–H and O–H groups in total. The summed E-state index contributed by atoms with van der Waals surface area (Å²) >= 11 is 0. The van der Waals surface area contributed by atoms with Gasteiger partial charge in [-0.05, 0) is 31.2 Å². The monoisotopic (exact) mass is 279 g/mol. The van der Waals surface area contributed by atoms with Crippen LogP contribution in [0, 0.1) is 6.92 Å². The van der Waals surface area contributed by atoms with Crippen LogP contribution in [0.2, 0.25) is 0 Å². The number of methoxy groups -OCH3 is 1. The summed E-state index contributed by atoms with van der Waals surface area (Å²) in [6.07, 6.45) is 0. The first kappa shape index (κ1) is 12.1. The third-order valence-electron chi connectivity index (χ3n) is 3.78. The highest BCUT2D eigenvalue weighted by Gasteiger charge is 2.23. The van der Waals surface area contributed by atoms with E-state index in [0.29, 0.717) is 12.4 Å². The Kier molecular flexibility index (Phi) is 2.39. The van der Waals surface area contributed by atoms with Gasteiger partial charge in [0.15, 0.2) is 5.82 Å². The topological polar surface area (TPSA) is 57.0 Å². The third-order valence-corrected chi connectivity index (χ3v) is 3.78. The van der Waals surface area contributed by atoms with Crippen LogP contribution < -0.4 is 10.3 Å². The second-order valence-corrected chi connectivity index (χ2v) is 5.20. The van der Waals surface area contributed by atoms with Crippen molar-refractivity contribution in [3.8, 4) is 17.3 Å². The zero-order chi connectivity index (χ0) is 14.6. The maximum absolute atomic E-state index is 12.1. The number of ether oxygens (including phenoxy) is 1. The Morgan fingerprint density at radius 2 is 2.05 bits per heavy atom. The molecule has 1 aliphatic rings. The molecule has 2 aromatic heterocycles. The van der Waals surface area contributed by atoms with Crippen LogP contribution in [0.15, 0.2) is 35.1 Å². The highest BCUT2D eigenvalue weighted by Crippen LogP contribution is 2.31. The lowest BCUT2D eigenvalue weighted by Crippen LogP contribution is -2.19. The van der Waals surface area contributed by atoms with Gasteiger partial charge in [0.1, 0.15) is 11.4 Å². The van der Waals surface area contributed by atoms with Gasteiger partial charge in [0.2, 0.25) is 0 Å². The Morgan fingerprint density at radius 1 is 1.19 bits per heavy atom. The molecule has 0 radical (unpaired) electrons. The molecule has 0 atom stereocenters. The number of aryl methyl sites for hydroxylation is 1. The van der Waals surface area contributed by atoms with Crippen LogP contribution >= 0.6 is 0 Å². The van der Waals surface area contributed by atoms with E-state index in [4.69, 9.17) is 4.74 Å². The third kappa shape index (κ3) is 1.74. The summed E-state index contributed by atoms with van der Waals surface area (Å²) in [7, 11) is 1.64. The van der Waals surface area contributed by atoms with Crippen molar-refractivity contribution in [2.24, 2.45) is 0 Å². The average molecular weight is 279 g/mol. The van der Waals surface area contributed by atoms with Crippen LogP contribution in [0.1, 0.15) is 11.3 Å². The Hall–Kier alpha value is -2.69. The van der Waals surface area contributed by atoms with E-state index in [-0.39, 0.29) is 5.56 Å². The molecule has 3 heterocycles. The average Bonchev–Trinajstić information content (AvgIpc) is 2.82. The lowest BCUT2D eigenvalue weighted by atomic mass is 10.1. The quantitative estimate of drug-likeness (QED) is 0.535. The largest absolute Gasteiger partial charge is 0.497 e. The van der Waals surface area contributed by atoms with E-state index in [1.807, 2.05) is 25.1 Å². The molecule has 5 heteroatoms. The first-order chi connectivity index (χ1) is 10.2. The number of fused-ring (bicyclic) bond motifs is 4. The molecular formula is C16H13N3O2. The van der Waals surface area contributed by atoms with E-state index in [1.54, 1.807) is 17.7 Å². The van der Waals surface area contributed by atoms with E-state index >= 15 is 0 Å². The zero-order valence-corrected chi connectivity index (χ0v) is 11.8. The Morgan fingerprint density at radius 3 is 2.86 bits per heavy atom. The summed E-state index contributed by atoms with van der Waals surface area (Å²) in [5.74, 6) is 1.46. The standard InChI is InChI=1S/C16H13N3O2/c1-9-5-14(20)19-8-11-6-10-7-12(21-2)3-4-13(10)18-15(11)16(19)17-9/h3-7H,8H2,1-2H3. The highest BCUT2D eigenvalue weighted by molar-refractivity contribution is 5.84. The molecule has 1 aromatic carbocycles. The molecule has 4 rings (SSSR count). The van der Waals surface area contributed by atoms with Gasteiger partial charge >= 0.3 is 0 Å². The number of nitrogens with zero attached hydrogens (tertiary/aromatic N) is 3. The minimum atomic E-state index is -0.0304. The fraction of sp³-hybridized carbons (Fsp3) is 0.188. The molecule has 0 saturated heterocycles.